The summed E-state index contributed by atoms with van der Waals surface area (Å²) in [6, 6.07) is 7.39. The maximum absolute atomic E-state index is 8.55. The van der Waals surface area contributed by atoms with E-state index in [1.807, 2.05) is 0 Å². The van der Waals surface area contributed by atoms with E-state index >= 15 is 0 Å². The van der Waals surface area contributed by atoms with Gasteiger partial charge in [0.1, 0.15) is 5.52 Å². The number of nitriles is 1. The first-order chi connectivity index (χ1) is 5.40. The number of nitrogens with zero attached hydrogens (tertiary/aromatic N) is 3. The van der Waals surface area contributed by atoms with Gasteiger partial charge in [0.15, 0.2) is 0 Å². The van der Waals surface area contributed by atoms with Crippen molar-refractivity contribution in [3.8, 4) is 6.07 Å². The van der Waals surface area contributed by atoms with Gasteiger partial charge in [0, 0.05) is 0 Å². The Morgan fingerprint density at radius 2 is 2.36 bits per heavy atom. The summed E-state index contributed by atoms with van der Waals surface area (Å²) < 4.78 is 4.72. The molecule has 2 rings (SSSR count). The first-order valence-electron chi connectivity index (χ1n) is 3.02. The zero-order chi connectivity index (χ0) is 7.68. The largest absolute Gasteiger partial charge is 0.192 e. The maximum Gasteiger partial charge on any atom is 0.106 e. The van der Waals surface area contributed by atoms with Crippen LogP contribution in [0.5, 0.6) is 0 Å². The Bertz CT molecular complexity index is 426. The maximum atomic E-state index is 8.55. The van der Waals surface area contributed by atoms with Crippen LogP contribution in [0.15, 0.2) is 18.2 Å². The highest BCUT2D eigenvalue weighted by Gasteiger charge is 1.97. The molecule has 11 heavy (non-hydrogen) atoms. The van der Waals surface area contributed by atoms with E-state index in [1.54, 1.807) is 18.2 Å². The summed E-state index contributed by atoms with van der Waals surface area (Å²) in [5.74, 6) is 0. The Hall–Kier alpha value is -1.47. The molecule has 0 unspecified atom stereocenters. The number of hydrogen-bond donors (Lipinski definition) is 0. The van der Waals surface area contributed by atoms with Crippen LogP contribution in [0.25, 0.3) is 10.2 Å². The van der Waals surface area contributed by atoms with Crippen LogP contribution in [0.3, 0.4) is 0 Å². The zero-order valence-corrected chi connectivity index (χ0v) is 6.30. The van der Waals surface area contributed by atoms with Crippen molar-refractivity contribution in [3.63, 3.8) is 0 Å². The molecule has 0 amide bonds. The molecule has 0 saturated carbocycles. The van der Waals surface area contributed by atoms with Crippen LogP contribution in [-0.2, 0) is 0 Å². The Morgan fingerprint density at radius 1 is 1.45 bits per heavy atom. The molecule has 0 bridgehead atoms. The molecule has 0 aliphatic rings. The summed E-state index contributed by atoms with van der Waals surface area (Å²) in [5.41, 5.74) is 1.51. The second-order valence-corrected chi connectivity index (χ2v) is 2.85. The lowest BCUT2D eigenvalue weighted by molar-refractivity contribution is 1.20. The molecule has 0 spiro atoms. The van der Waals surface area contributed by atoms with Crippen LogP contribution in [0.1, 0.15) is 5.56 Å². The van der Waals surface area contributed by atoms with Gasteiger partial charge in [-0.2, -0.15) is 5.26 Å². The summed E-state index contributed by atoms with van der Waals surface area (Å²) in [5, 5.41) is 12.4. The minimum absolute atomic E-state index is 0.656. The summed E-state index contributed by atoms with van der Waals surface area (Å²) in [6.07, 6.45) is 0. The Balaban J connectivity index is 2.79. The van der Waals surface area contributed by atoms with Crippen molar-refractivity contribution >= 4 is 21.7 Å². The van der Waals surface area contributed by atoms with E-state index in [0.717, 1.165) is 10.2 Å². The SMILES string of the molecule is N#Cc1ccc2nnsc2c1. The van der Waals surface area contributed by atoms with E-state index in [1.165, 1.54) is 11.5 Å². The van der Waals surface area contributed by atoms with Crippen molar-refractivity contribution in [2.24, 2.45) is 0 Å². The van der Waals surface area contributed by atoms with Gasteiger partial charge in [0.25, 0.3) is 0 Å². The van der Waals surface area contributed by atoms with Crippen molar-refractivity contribution in [2.45, 2.75) is 0 Å². The van der Waals surface area contributed by atoms with Crippen LogP contribution in [0, 0.1) is 11.3 Å². The molecule has 0 atom stereocenters. The van der Waals surface area contributed by atoms with E-state index < -0.39 is 0 Å². The minimum Gasteiger partial charge on any atom is -0.192 e. The lowest BCUT2D eigenvalue weighted by Gasteiger charge is -1.85. The fourth-order valence-corrected chi connectivity index (χ4v) is 1.45. The van der Waals surface area contributed by atoms with Crippen molar-refractivity contribution in [1.29, 1.82) is 5.26 Å². The molecule has 1 heterocycles. The van der Waals surface area contributed by atoms with Crippen LogP contribution in [-0.4, -0.2) is 9.59 Å². The highest BCUT2D eigenvalue weighted by atomic mass is 32.1. The monoisotopic (exact) mass is 161 g/mol. The van der Waals surface area contributed by atoms with Gasteiger partial charge in [0.2, 0.25) is 0 Å². The fourth-order valence-electron chi connectivity index (χ4n) is 0.848. The minimum atomic E-state index is 0.656. The normalized spacial score (nSPS) is 9.73. The van der Waals surface area contributed by atoms with E-state index in [2.05, 4.69) is 15.7 Å². The molecular weight excluding hydrogens is 158 g/mol. The number of fused-ring (bicyclic) bond motifs is 1. The third-order valence-corrected chi connectivity index (χ3v) is 2.06. The predicted molar refractivity (Wildman–Crippen MR) is 42.1 cm³/mol. The van der Waals surface area contributed by atoms with Crippen molar-refractivity contribution in [1.82, 2.24) is 9.59 Å². The molecule has 0 radical (unpaired) electrons. The molecule has 2 aromatic rings. The van der Waals surface area contributed by atoms with Crippen LogP contribution in [0.2, 0.25) is 0 Å². The summed E-state index contributed by atoms with van der Waals surface area (Å²) in [4.78, 5) is 0. The first kappa shape index (κ1) is 6.25. The number of benzene rings is 1. The van der Waals surface area contributed by atoms with E-state index in [4.69, 9.17) is 5.26 Å². The molecule has 1 aromatic heterocycles. The number of aromatic nitrogens is 2. The highest BCUT2D eigenvalue weighted by Crippen LogP contribution is 2.15. The second kappa shape index (κ2) is 2.29. The first-order valence-corrected chi connectivity index (χ1v) is 3.80. The van der Waals surface area contributed by atoms with E-state index in [0.29, 0.717) is 5.56 Å². The average molecular weight is 161 g/mol. The van der Waals surface area contributed by atoms with Crippen LogP contribution < -0.4 is 0 Å². The van der Waals surface area contributed by atoms with E-state index in [9.17, 15) is 0 Å². The summed E-state index contributed by atoms with van der Waals surface area (Å²) in [6.45, 7) is 0. The fraction of sp³-hybridized carbons (Fsp3) is 0. The molecule has 4 heteroatoms. The molecule has 0 aliphatic carbocycles. The quantitative estimate of drug-likeness (QED) is 0.589. The third-order valence-electron chi connectivity index (χ3n) is 1.38. The number of rotatable bonds is 0. The average Bonchev–Trinajstić information content (AvgIpc) is 2.50. The summed E-state index contributed by atoms with van der Waals surface area (Å²) in [7, 11) is 0. The summed E-state index contributed by atoms with van der Waals surface area (Å²) >= 11 is 1.30. The van der Waals surface area contributed by atoms with Gasteiger partial charge < -0.3 is 0 Å². The Kier molecular flexibility index (Phi) is 1.30. The smallest absolute Gasteiger partial charge is 0.106 e. The highest BCUT2D eigenvalue weighted by molar-refractivity contribution is 7.12. The van der Waals surface area contributed by atoms with Gasteiger partial charge in [-0.15, -0.1) is 5.10 Å². The van der Waals surface area contributed by atoms with Gasteiger partial charge in [-0.3, -0.25) is 0 Å². The Morgan fingerprint density at radius 3 is 3.18 bits per heavy atom. The van der Waals surface area contributed by atoms with Gasteiger partial charge in [0.05, 0.1) is 16.3 Å². The van der Waals surface area contributed by atoms with Gasteiger partial charge in [-0.1, -0.05) is 4.49 Å². The molecule has 0 N–H and O–H groups in total. The lowest BCUT2D eigenvalue weighted by atomic mass is 10.2. The number of hydrogen-bond acceptors (Lipinski definition) is 4. The lowest BCUT2D eigenvalue weighted by Crippen LogP contribution is -1.71. The predicted octanol–water partition coefficient (Wildman–Crippen LogP) is 1.56. The van der Waals surface area contributed by atoms with Crippen molar-refractivity contribution < 1.29 is 0 Å². The second-order valence-electron chi connectivity index (χ2n) is 2.07. The topological polar surface area (TPSA) is 49.6 Å². The molecule has 1 aromatic carbocycles. The van der Waals surface area contributed by atoms with Gasteiger partial charge in [-0.25, -0.2) is 0 Å². The van der Waals surface area contributed by atoms with Crippen molar-refractivity contribution in [3.05, 3.63) is 23.8 Å². The van der Waals surface area contributed by atoms with Gasteiger partial charge in [-0.05, 0) is 29.7 Å². The molecule has 0 aliphatic heterocycles. The van der Waals surface area contributed by atoms with Crippen LogP contribution >= 0.6 is 11.5 Å². The zero-order valence-electron chi connectivity index (χ0n) is 5.48. The third kappa shape index (κ3) is 0.954. The molecular formula is C7H3N3S. The van der Waals surface area contributed by atoms with Crippen molar-refractivity contribution in [2.75, 3.05) is 0 Å². The molecule has 3 nitrogen and oxygen atoms in total. The van der Waals surface area contributed by atoms with E-state index in [-0.39, 0.29) is 0 Å². The molecule has 52 valence electrons. The van der Waals surface area contributed by atoms with Crippen LogP contribution in [0.4, 0.5) is 0 Å². The Labute approximate surface area is 67.1 Å². The molecule has 0 fully saturated rings. The standard InChI is InChI=1S/C7H3N3S/c8-4-5-1-2-6-7(3-5)11-10-9-6/h1-3H. The molecule has 0 saturated heterocycles. The van der Waals surface area contributed by atoms with Gasteiger partial charge >= 0.3 is 0 Å².